The first-order valence-electron chi connectivity index (χ1n) is 11.6. The van der Waals surface area contributed by atoms with Gasteiger partial charge in [-0.2, -0.15) is 13.2 Å². The molecule has 0 saturated carbocycles. The maximum Gasteiger partial charge on any atom is 0.416 e. The van der Waals surface area contributed by atoms with Gasteiger partial charge in [-0.05, 0) is 59.3 Å². The molecule has 0 radical (unpaired) electrons. The Morgan fingerprint density at radius 2 is 1.73 bits per heavy atom. The number of aliphatic imine (C=N–C) groups is 1. The van der Waals surface area contributed by atoms with Crippen LogP contribution in [0, 0.1) is 0 Å². The van der Waals surface area contributed by atoms with Crippen molar-refractivity contribution in [1.29, 1.82) is 0 Å². The number of fused-ring (bicyclic) bond motifs is 1. The number of halogens is 3. The average Bonchev–Trinajstić information content (AvgIpc) is 3.23. The molecule has 1 aliphatic rings. The van der Waals surface area contributed by atoms with Gasteiger partial charge >= 0.3 is 6.18 Å². The van der Waals surface area contributed by atoms with Crippen LogP contribution >= 0.6 is 10.5 Å². The number of aromatic nitrogens is 2. The van der Waals surface area contributed by atoms with Gasteiger partial charge in [0.25, 0.3) is 0 Å². The largest absolute Gasteiger partial charge is 0.416 e. The minimum atomic E-state index is -4.36. The Morgan fingerprint density at radius 3 is 2.46 bits per heavy atom. The van der Waals surface area contributed by atoms with Crippen LogP contribution in [0.1, 0.15) is 22.3 Å². The summed E-state index contributed by atoms with van der Waals surface area (Å²) in [6.07, 6.45) is 3.17. The molecule has 5 rings (SSSR count). The van der Waals surface area contributed by atoms with Gasteiger partial charge in [0, 0.05) is 46.7 Å². The predicted molar refractivity (Wildman–Crippen MR) is 146 cm³/mol. The monoisotopic (exact) mass is 519 g/mol. The number of hydrogen-bond acceptors (Lipinski definition) is 4. The third-order valence-electron chi connectivity index (χ3n) is 6.04. The van der Waals surface area contributed by atoms with Gasteiger partial charge in [0.2, 0.25) is 0 Å². The zero-order valence-electron chi connectivity index (χ0n) is 19.7. The van der Waals surface area contributed by atoms with Crippen molar-refractivity contribution in [2.24, 2.45) is 10.7 Å². The van der Waals surface area contributed by atoms with E-state index in [0.29, 0.717) is 18.1 Å². The molecule has 3 N–H and O–H groups in total. The van der Waals surface area contributed by atoms with Crippen LogP contribution in [-0.2, 0) is 12.6 Å². The smallest absolute Gasteiger partial charge is 0.334 e. The van der Waals surface area contributed by atoms with Gasteiger partial charge in [0.15, 0.2) is 5.17 Å². The van der Waals surface area contributed by atoms with Crippen LogP contribution < -0.4 is 11.1 Å². The number of nitrogens with two attached hydrogens (primary N) is 1. The van der Waals surface area contributed by atoms with E-state index in [-0.39, 0.29) is 6.04 Å². The lowest BCUT2D eigenvalue weighted by molar-refractivity contribution is -0.137. The highest BCUT2D eigenvalue weighted by molar-refractivity contribution is 8.34. The van der Waals surface area contributed by atoms with Gasteiger partial charge < -0.3 is 11.1 Å². The van der Waals surface area contributed by atoms with Crippen LogP contribution in [0.4, 0.5) is 13.2 Å². The number of hydrogen-bond donors (Lipinski definition) is 2. The quantitative estimate of drug-likeness (QED) is 0.320. The summed E-state index contributed by atoms with van der Waals surface area (Å²) >= 11 is 0. The predicted octanol–water partition coefficient (Wildman–Crippen LogP) is 5.70. The van der Waals surface area contributed by atoms with E-state index < -0.39 is 22.2 Å². The lowest BCUT2D eigenvalue weighted by Gasteiger charge is -2.12. The summed E-state index contributed by atoms with van der Waals surface area (Å²) in [6.45, 7) is 0.305. The molecule has 3 heterocycles. The number of pyridine rings is 2. The Morgan fingerprint density at radius 1 is 0.946 bits per heavy atom. The molecule has 0 amide bonds. The van der Waals surface area contributed by atoms with Crippen molar-refractivity contribution >= 4 is 42.9 Å². The van der Waals surface area contributed by atoms with Crippen molar-refractivity contribution in [3.8, 4) is 0 Å². The van der Waals surface area contributed by atoms with Crippen molar-refractivity contribution in [2.75, 3.05) is 6.54 Å². The van der Waals surface area contributed by atoms with Crippen molar-refractivity contribution < 1.29 is 13.2 Å². The second kappa shape index (κ2) is 10.3. The van der Waals surface area contributed by atoms with Gasteiger partial charge in [-0.1, -0.05) is 40.6 Å². The van der Waals surface area contributed by atoms with Gasteiger partial charge in [-0.3, -0.25) is 15.0 Å². The third-order valence-corrected chi connectivity index (χ3v) is 7.67. The first-order chi connectivity index (χ1) is 17.8. The topological polar surface area (TPSA) is 76.2 Å². The lowest BCUT2D eigenvalue weighted by Crippen LogP contribution is -2.28. The highest BCUT2D eigenvalue weighted by atomic mass is 32.2. The molecule has 1 unspecified atom stereocenters. The molecule has 0 fully saturated rings. The standard InChI is InChI=1S/C28H24F3N5S/c1-37-26(20-6-7-21-15-34-12-10-19(21)14-20)25(22-3-2-11-33-16-22)36-27(37)35-17-24(32)13-18-4-8-23(9-5-18)28(29,30)31/h2-12,14-16,24H,1,13,17,32H2,(H,35,36)/t24-,37?/m0/s1. The van der Waals surface area contributed by atoms with Crippen LogP contribution in [0.3, 0.4) is 0 Å². The van der Waals surface area contributed by atoms with E-state index >= 15 is 0 Å². The minimum absolute atomic E-state index is 0.305. The van der Waals surface area contributed by atoms with Gasteiger partial charge in [0.1, 0.15) is 0 Å². The molecular formula is C28H24F3N5S. The molecular weight excluding hydrogens is 495 g/mol. The van der Waals surface area contributed by atoms with Gasteiger partial charge in [-0.15, -0.1) is 0 Å². The fraction of sp³-hybridized carbons (Fsp3) is 0.143. The lowest BCUT2D eigenvalue weighted by atomic mass is 10.0. The first kappa shape index (κ1) is 24.9. The fourth-order valence-electron chi connectivity index (χ4n) is 4.18. The normalized spacial score (nSPS) is 17.8. The molecule has 2 aromatic heterocycles. The summed E-state index contributed by atoms with van der Waals surface area (Å²) in [5.74, 6) is 4.42. The molecule has 1 aliphatic heterocycles. The number of rotatable bonds is 6. The minimum Gasteiger partial charge on any atom is -0.334 e. The molecule has 0 saturated heterocycles. The number of nitrogens with zero attached hydrogens (tertiary/aromatic N) is 3. The van der Waals surface area contributed by atoms with E-state index in [9.17, 15) is 13.2 Å². The van der Waals surface area contributed by atoms with Crippen LogP contribution in [0.15, 0.2) is 90.4 Å². The summed E-state index contributed by atoms with van der Waals surface area (Å²) in [4.78, 5) is 14.2. The van der Waals surface area contributed by atoms with Crippen molar-refractivity contribution in [3.05, 3.63) is 108 Å². The van der Waals surface area contributed by atoms with Crippen LogP contribution in [0.25, 0.3) is 21.4 Å². The zero-order valence-corrected chi connectivity index (χ0v) is 20.6. The van der Waals surface area contributed by atoms with E-state index in [1.165, 1.54) is 12.1 Å². The number of alkyl halides is 3. The average molecular weight is 520 g/mol. The summed E-state index contributed by atoms with van der Waals surface area (Å²) < 4.78 is 38.5. The zero-order chi connectivity index (χ0) is 26.0. The van der Waals surface area contributed by atoms with E-state index in [1.54, 1.807) is 18.6 Å². The summed E-state index contributed by atoms with van der Waals surface area (Å²) in [5.41, 5.74) is 9.21. The summed E-state index contributed by atoms with van der Waals surface area (Å²) in [5, 5.41) is 6.28. The molecule has 9 heteroatoms. The number of nitrogens with one attached hydrogen (secondary N) is 1. The van der Waals surface area contributed by atoms with Crippen molar-refractivity contribution in [3.63, 3.8) is 0 Å². The molecule has 2 atom stereocenters. The second-order valence-corrected chi connectivity index (χ2v) is 10.3. The summed E-state index contributed by atoms with van der Waals surface area (Å²) in [7, 11) is -0.604. The third kappa shape index (κ3) is 5.47. The van der Waals surface area contributed by atoms with Crippen molar-refractivity contribution in [2.45, 2.75) is 18.6 Å². The van der Waals surface area contributed by atoms with E-state index in [0.717, 1.165) is 50.2 Å². The second-order valence-electron chi connectivity index (χ2n) is 8.70. The van der Waals surface area contributed by atoms with Crippen molar-refractivity contribution in [1.82, 2.24) is 15.3 Å². The molecule has 4 aromatic rings. The molecule has 0 bridgehead atoms. The van der Waals surface area contributed by atoms with E-state index in [1.807, 2.05) is 30.5 Å². The Bertz CT molecular complexity index is 1510. The highest BCUT2D eigenvalue weighted by Crippen LogP contribution is 2.44. The summed E-state index contributed by atoms with van der Waals surface area (Å²) in [6, 6.07) is 16.8. The first-order valence-corrected chi connectivity index (χ1v) is 12.9. The maximum atomic E-state index is 12.8. The number of amidine groups is 1. The molecule has 0 spiro atoms. The number of benzene rings is 2. The van der Waals surface area contributed by atoms with E-state index in [4.69, 9.17) is 10.7 Å². The molecule has 188 valence electrons. The Labute approximate surface area is 214 Å². The maximum absolute atomic E-state index is 12.8. The van der Waals surface area contributed by atoms with E-state index in [2.05, 4.69) is 33.3 Å². The Hall–Kier alpha value is -3.82. The Kier molecular flexibility index (Phi) is 6.90. The highest BCUT2D eigenvalue weighted by Gasteiger charge is 2.30. The molecule has 37 heavy (non-hydrogen) atoms. The Balaban J connectivity index is 1.39. The van der Waals surface area contributed by atoms with Crippen LogP contribution in [-0.4, -0.2) is 33.6 Å². The van der Waals surface area contributed by atoms with Crippen LogP contribution in [0.5, 0.6) is 0 Å². The SMILES string of the molecule is C=S1C(=NC[C@@H](N)Cc2ccc(C(F)(F)F)cc2)NC(c2cccnc2)=C1c1ccc2cnccc2c1. The fourth-order valence-corrected chi connectivity index (χ4v) is 5.66. The van der Waals surface area contributed by atoms with Gasteiger partial charge in [0.05, 0.1) is 17.8 Å². The molecule has 2 aromatic carbocycles. The van der Waals surface area contributed by atoms with Crippen LogP contribution in [0.2, 0.25) is 0 Å². The molecule has 5 nitrogen and oxygen atoms in total. The van der Waals surface area contributed by atoms with Gasteiger partial charge in [-0.25, -0.2) is 0 Å². The molecule has 0 aliphatic carbocycles.